The van der Waals surface area contributed by atoms with E-state index in [0.29, 0.717) is 5.56 Å². The molecule has 1 aliphatic rings. The van der Waals surface area contributed by atoms with Crippen molar-refractivity contribution in [3.63, 3.8) is 0 Å². The Morgan fingerprint density at radius 2 is 2.05 bits per heavy atom. The molecular weight excluding hydrogens is 238 g/mol. The number of hydrogen-bond donors (Lipinski definition) is 1. The first-order chi connectivity index (χ1) is 9.04. The van der Waals surface area contributed by atoms with Crippen LogP contribution in [-0.4, -0.2) is 29.1 Å². The highest BCUT2D eigenvalue weighted by Crippen LogP contribution is 2.24. The second-order valence-corrected chi connectivity index (χ2v) is 6.02. The van der Waals surface area contributed by atoms with E-state index in [4.69, 9.17) is 5.11 Å². The molecule has 1 atom stereocenters. The van der Waals surface area contributed by atoms with E-state index < -0.39 is 5.97 Å². The van der Waals surface area contributed by atoms with Crippen molar-refractivity contribution >= 4 is 5.97 Å². The molecule has 1 aromatic rings. The molecule has 3 heteroatoms. The molecule has 1 heterocycles. The van der Waals surface area contributed by atoms with Gasteiger partial charge < -0.3 is 5.11 Å². The van der Waals surface area contributed by atoms with Crippen LogP contribution in [0.25, 0.3) is 0 Å². The Morgan fingerprint density at radius 1 is 1.37 bits per heavy atom. The minimum absolute atomic E-state index is 0.364. The van der Waals surface area contributed by atoms with E-state index in [1.54, 1.807) is 12.1 Å². The van der Waals surface area contributed by atoms with Crippen LogP contribution >= 0.6 is 0 Å². The number of hydrogen-bond acceptors (Lipinski definition) is 2. The maximum atomic E-state index is 10.8. The molecule has 0 aromatic heterocycles. The smallest absolute Gasteiger partial charge is 0.335 e. The minimum atomic E-state index is -0.857. The number of carboxylic acid groups (broad SMARTS) is 1. The van der Waals surface area contributed by atoms with Gasteiger partial charge in [0.15, 0.2) is 0 Å². The fourth-order valence-electron chi connectivity index (χ4n) is 2.93. The van der Waals surface area contributed by atoms with Gasteiger partial charge in [-0.25, -0.2) is 4.79 Å². The number of nitrogens with zero attached hydrogens (tertiary/aromatic N) is 1. The average Bonchev–Trinajstić information content (AvgIpc) is 2.76. The van der Waals surface area contributed by atoms with Gasteiger partial charge in [0.1, 0.15) is 0 Å². The lowest BCUT2D eigenvalue weighted by Crippen LogP contribution is -2.20. The Morgan fingerprint density at radius 3 is 2.63 bits per heavy atom. The zero-order chi connectivity index (χ0) is 13.8. The average molecular weight is 261 g/mol. The van der Waals surface area contributed by atoms with Crippen molar-refractivity contribution in [1.29, 1.82) is 0 Å². The van der Waals surface area contributed by atoms with Crippen LogP contribution < -0.4 is 0 Å². The summed E-state index contributed by atoms with van der Waals surface area (Å²) >= 11 is 0. The first kappa shape index (κ1) is 14.1. The normalized spacial score (nSPS) is 20.1. The van der Waals surface area contributed by atoms with Crippen LogP contribution in [0.15, 0.2) is 24.3 Å². The molecule has 0 aliphatic carbocycles. The summed E-state index contributed by atoms with van der Waals surface area (Å²) in [6.07, 6.45) is 2.61. The molecule has 1 aliphatic heterocycles. The summed E-state index contributed by atoms with van der Waals surface area (Å²) in [5.41, 5.74) is 1.57. The molecule has 1 fully saturated rings. The van der Waals surface area contributed by atoms with E-state index in [1.807, 2.05) is 12.1 Å². The van der Waals surface area contributed by atoms with Crippen LogP contribution in [0.2, 0.25) is 0 Å². The predicted molar refractivity (Wildman–Crippen MR) is 76.2 cm³/mol. The van der Waals surface area contributed by atoms with E-state index in [1.165, 1.54) is 24.9 Å². The highest BCUT2D eigenvalue weighted by Gasteiger charge is 2.22. The molecule has 19 heavy (non-hydrogen) atoms. The standard InChI is InChI=1S/C16H23NO2/c1-12(2)9-14-7-8-17(11-14)10-13-3-5-15(6-4-13)16(18)19/h3-6,12,14H,7-11H2,1-2H3,(H,18,19). The van der Waals surface area contributed by atoms with Crippen molar-refractivity contribution in [2.75, 3.05) is 13.1 Å². The van der Waals surface area contributed by atoms with Crippen molar-refractivity contribution in [2.24, 2.45) is 11.8 Å². The Labute approximate surface area is 115 Å². The summed E-state index contributed by atoms with van der Waals surface area (Å²) in [5, 5.41) is 8.87. The largest absolute Gasteiger partial charge is 0.478 e. The summed E-state index contributed by atoms with van der Waals surface area (Å²) in [7, 11) is 0. The zero-order valence-electron chi connectivity index (χ0n) is 11.8. The van der Waals surface area contributed by atoms with Gasteiger partial charge in [-0.2, -0.15) is 0 Å². The fourth-order valence-corrected chi connectivity index (χ4v) is 2.93. The molecule has 1 N–H and O–H groups in total. The third-order valence-electron chi connectivity index (χ3n) is 3.78. The summed E-state index contributed by atoms with van der Waals surface area (Å²) in [5.74, 6) is 0.753. The quantitative estimate of drug-likeness (QED) is 0.884. The predicted octanol–water partition coefficient (Wildman–Crippen LogP) is 3.25. The molecule has 0 bridgehead atoms. The monoisotopic (exact) mass is 261 g/mol. The highest BCUT2D eigenvalue weighted by atomic mass is 16.4. The molecule has 0 spiro atoms. The van der Waals surface area contributed by atoms with Crippen LogP contribution in [0.1, 0.15) is 42.6 Å². The van der Waals surface area contributed by atoms with Crippen molar-refractivity contribution in [2.45, 2.75) is 33.2 Å². The van der Waals surface area contributed by atoms with Crippen molar-refractivity contribution in [3.8, 4) is 0 Å². The van der Waals surface area contributed by atoms with E-state index in [0.717, 1.165) is 24.9 Å². The molecule has 0 amide bonds. The molecular formula is C16H23NO2. The van der Waals surface area contributed by atoms with E-state index in [9.17, 15) is 4.79 Å². The maximum Gasteiger partial charge on any atom is 0.335 e. The second kappa shape index (κ2) is 6.20. The van der Waals surface area contributed by atoms with Gasteiger partial charge in [0.25, 0.3) is 0 Å². The molecule has 0 saturated carbocycles. The molecule has 104 valence electrons. The van der Waals surface area contributed by atoms with E-state index in [2.05, 4.69) is 18.7 Å². The van der Waals surface area contributed by atoms with Gasteiger partial charge in [0.05, 0.1) is 5.56 Å². The first-order valence-electron chi connectivity index (χ1n) is 7.09. The summed E-state index contributed by atoms with van der Waals surface area (Å²) in [6.45, 7) is 7.85. The Hall–Kier alpha value is -1.35. The summed E-state index contributed by atoms with van der Waals surface area (Å²) < 4.78 is 0. The van der Waals surface area contributed by atoms with Crippen LogP contribution in [0.5, 0.6) is 0 Å². The summed E-state index contributed by atoms with van der Waals surface area (Å²) in [4.78, 5) is 13.3. The van der Waals surface area contributed by atoms with Gasteiger partial charge in [0, 0.05) is 13.1 Å². The molecule has 1 unspecified atom stereocenters. The lowest BCUT2D eigenvalue weighted by atomic mass is 9.97. The Kier molecular flexibility index (Phi) is 4.59. The van der Waals surface area contributed by atoms with E-state index in [-0.39, 0.29) is 0 Å². The minimum Gasteiger partial charge on any atom is -0.478 e. The molecule has 0 radical (unpaired) electrons. The molecule has 1 aromatic carbocycles. The fraction of sp³-hybridized carbons (Fsp3) is 0.562. The van der Waals surface area contributed by atoms with Crippen LogP contribution in [0, 0.1) is 11.8 Å². The van der Waals surface area contributed by atoms with Gasteiger partial charge in [-0.1, -0.05) is 26.0 Å². The molecule has 3 nitrogen and oxygen atoms in total. The Balaban J connectivity index is 1.87. The topological polar surface area (TPSA) is 40.5 Å². The van der Waals surface area contributed by atoms with Gasteiger partial charge in [-0.3, -0.25) is 4.90 Å². The third-order valence-corrected chi connectivity index (χ3v) is 3.78. The van der Waals surface area contributed by atoms with Gasteiger partial charge in [-0.15, -0.1) is 0 Å². The van der Waals surface area contributed by atoms with Crippen LogP contribution in [0.3, 0.4) is 0 Å². The maximum absolute atomic E-state index is 10.8. The third kappa shape index (κ3) is 4.06. The van der Waals surface area contributed by atoms with Crippen LogP contribution in [0.4, 0.5) is 0 Å². The number of carbonyl (C=O) groups is 1. The lowest BCUT2D eigenvalue weighted by molar-refractivity contribution is 0.0697. The number of carboxylic acids is 1. The number of benzene rings is 1. The second-order valence-electron chi connectivity index (χ2n) is 6.02. The molecule has 2 rings (SSSR count). The first-order valence-corrected chi connectivity index (χ1v) is 7.09. The summed E-state index contributed by atoms with van der Waals surface area (Å²) in [6, 6.07) is 7.25. The highest BCUT2D eigenvalue weighted by molar-refractivity contribution is 5.87. The van der Waals surface area contributed by atoms with E-state index >= 15 is 0 Å². The number of likely N-dealkylation sites (tertiary alicyclic amines) is 1. The van der Waals surface area contributed by atoms with Gasteiger partial charge in [0.2, 0.25) is 0 Å². The number of rotatable bonds is 5. The van der Waals surface area contributed by atoms with Crippen LogP contribution in [-0.2, 0) is 6.54 Å². The molecule has 1 saturated heterocycles. The lowest BCUT2D eigenvalue weighted by Gasteiger charge is -2.17. The number of aromatic carboxylic acids is 1. The van der Waals surface area contributed by atoms with Gasteiger partial charge in [-0.05, 0) is 48.9 Å². The zero-order valence-corrected chi connectivity index (χ0v) is 11.8. The van der Waals surface area contributed by atoms with Crippen molar-refractivity contribution < 1.29 is 9.90 Å². The van der Waals surface area contributed by atoms with Gasteiger partial charge >= 0.3 is 5.97 Å². The Bertz CT molecular complexity index is 425. The van der Waals surface area contributed by atoms with Crippen molar-refractivity contribution in [1.82, 2.24) is 4.90 Å². The van der Waals surface area contributed by atoms with Crippen molar-refractivity contribution in [3.05, 3.63) is 35.4 Å². The SMILES string of the molecule is CC(C)CC1CCN(Cc2ccc(C(=O)O)cc2)C1.